The van der Waals surface area contributed by atoms with Crippen molar-refractivity contribution in [2.45, 2.75) is 11.7 Å². The highest BCUT2D eigenvalue weighted by Gasteiger charge is 2.42. The molecule has 0 amide bonds. The molecule has 0 heterocycles. The monoisotopic (exact) mass is 255 g/mol. The van der Waals surface area contributed by atoms with Gasteiger partial charge in [0, 0.05) is 12.1 Å². The van der Waals surface area contributed by atoms with E-state index in [1.165, 1.54) is 0 Å². The first kappa shape index (κ1) is 12.6. The van der Waals surface area contributed by atoms with Gasteiger partial charge in [-0.05, 0) is 12.1 Å². The number of hydrogen-bond acceptors (Lipinski definition) is 3. The van der Waals surface area contributed by atoms with E-state index in [1.807, 2.05) is 0 Å². The molecule has 8 heteroatoms. The highest BCUT2D eigenvalue weighted by molar-refractivity contribution is 6.20. The third-order valence-electron chi connectivity index (χ3n) is 1.56. The molecule has 1 aromatic carbocycles. The number of hydrogen-bond donors (Lipinski definition) is 0. The average Bonchev–Trinajstić information content (AvgIpc) is 2.17. The Labute approximate surface area is 92.7 Å². The quantitative estimate of drug-likeness (QED) is 0.472. The van der Waals surface area contributed by atoms with Crippen molar-refractivity contribution in [1.82, 2.24) is 0 Å². The molecule has 1 aromatic rings. The first-order valence-corrected chi connectivity index (χ1v) is 4.36. The van der Waals surface area contributed by atoms with Crippen molar-refractivity contribution in [3.63, 3.8) is 0 Å². The van der Waals surface area contributed by atoms with E-state index in [-0.39, 0.29) is 5.69 Å². The molecule has 0 N–H and O–H groups in total. The van der Waals surface area contributed by atoms with Crippen molar-refractivity contribution < 1.29 is 22.8 Å². The number of alkyl halides is 4. The van der Waals surface area contributed by atoms with Crippen molar-refractivity contribution in [2.24, 2.45) is 0 Å². The Bertz CT molecular complexity index is 383. The third-order valence-corrected chi connectivity index (χ3v) is 1.81. The van der Waals surface area contributed by atoms with Gasteiger partial charge in [-0.3, -0.25) is 10.1 Å². The predicted octanol–water partition coefficient (Wildman–Crippen LogP) is 3.10. The summed E-state index contributed by atoms with van der Waals surface area (Å²) in [6.07, 6.45) is -4.18. The smallest absolute Gasteiger partial charge is 0.429 e. The standard InChI is InChI=1S/C8H5ClF3NO3/c9-7(10)8(11,12)16-6-3-1-5(2-4-6)13(14)15/h1-4,7H/t7-/m1/s1. The van der Waals surface area contributed by atoms with Crippen LogP contribution < -0.4 is 4.74 Å². The summed E-state index contributed by atoms with van der Waals surface area (Å²) >= 11 is 4.55. The van der Waals surface area contributed by atoms with Gasteiger partial charge in [-0.1, -0.05) is 11.6 Å². The van der Waals surface area contributed by atoms with E-state index in [0.717, 1.165) is 24.3 Å². The number of benzene rings is 1. The molecule has 0 aliphatic rings. The Morgan fingerprint density at radius 1 is 1.38 bits per heavy atom. The van der Waals surface area contributed by atoms with Gasteiger partial charge in [-0.2, -0.15) is 8.78 Å². The fourth-order valence-corrected chi connectivity index (χ4v) is 0.882. The van der Waals surface area contributed by atoms with Crippen LogP contribution in [0.1, 0.15) is 0 Å². The van der Waals surface area contributed by atoms with E-state index in [0.29, 0.717) is 0 Å². The SMILES string of the molecule is O=[N+]([O-])c1ccc(OC(F)(F)[C@@H](F)Cl)cc1. The molecule has 0 bridgehead atoms. The minimum absolute atomic E-state index is 0.293. The zero-order valence-corrected chi connectivity index (χ0v) is 8.33. The molecule has 0 aliphatic carbocycles. The van der Waals surface area contributed by atoms with Crippen LogP contribution in [0.15, 0.2) is 24.3 Å². The Balaban J connectivity index is 2.80. The van der Waals surface area contributed by atoms with Crippen LogP contribution in [0.2, 0.25) is 0 Å². The number of nitrogens with zero attached hydrogens (tertiary/aromatic N) is 1. The highest BCUT2D eigenvalue weighted by Crippen LogP contribution is 2.29. The number of rotatable bonds is 4. The van der Waals surface area contributed by atoms with E-state index in [9.17, 15) is 23.3 Å². The normalized spacial score (nSPS) is 13.2. The van der Waals surface area contributed by atoms with Crippen molar-refractivity contribution >= 4 is 17.3 Å². The molecule has 16 heavy (non-hydrogen) atoms. The van der Waals surface area contributed by atoms with Crippen molar-refractivity contribution in [3.8, 4) is 5.75 Å². The van der Waals surface area contributed by atoms with Crippen LogP contribution in [-0.2, 0) is 0 Å². The maximum absolute atomic E-state index is 12.6. The molecular weight excluding hydrogens is 251 g/mol. The molecule has 0 aromatic heterocycles. The fourth-order valence-electron chi connectivity index (χ4n) is 0.838. The summed E-state index contributed by atoms with van der Waals surface area (Å²) < 4.78 is 41.3. The molecule has 88 valence electrons. The summed E-state index contributed by atoms with van der Waals surface area (Å²) in [6.45, 7) is 0. The molecule has 0 saturated carbocycles. The topological polar surface area (TPSA) is 52.4 Å². The summed E-state index contributed by atoms with van der Waals surface area (Å²) in [4.78, 5) is 9.53. The summed E-state index contributed by atoms with van der Waals surface area (Å²) in [6, 6.07) is 3.75. The van der Waals surface area contributed by atoms with Crippen LogP contribution in [0.5, 0.6) is 5.75 Å². The predicted molar refractivity (Wildman–Crippen MR) is 49.4 cm³/mol. The molecule has 1 atom stereocenters. The second-order valence-electron chi connectivity index (χ2n) is 2.72. The minimum Gasteiger partial charge on any atom is -0.429 e. The van der Waals surface area contributed by atoms with E-state index in [4.69, 9.17) is 0 Å². The first-order chi connectivity index (χ1) is 7.33. The van der Waals surface area contributed by atoms with Crippen LogP contribution in [-0.4, -0.2) is 16.7 Å². The second kappa shape index (κ2) is 4.56. The van der Waals surface area contributed by atoms with E-state index in [2.05, 4.69) is 16.3 Å². The molecule has 0 aliphatic heterocycles. The Kier molecular flexibility index (Phi) is 3.58. The number of ether oxygens (including phenoxy) is 1. The van der Waals surface area contributed by atoms with Gasteiger partial charge in [0.2, 0.25) is 0 Å². The molecule has 0 unspecified atom stereocenters. The van der Waals surface area contributed by atoms with Gasteiger partial charge in [0.05, 0.1) is 4.92 Å². The molecule has 4 nitrogen and oxygen atoms in total. The lowest BCUT2D eigenvalue weighted by Gasteiger charge is -2.17. The maximum atomic E-state index is 12.6. The van der Waals surface area contributed by atoms with Gasteiger partial charge in [0.1, 0.15) is 5.75 Å². The van der Waals surface area contributed by atoms with Crippen molar-refractivity contribution in [1.29, 1.82) is 0 Å². The zero-order valence-electron chi connectivity index (χ0n) is 7.57. The van der Waals surface area contributed by atoms with Gasteiger partial charge in [-0.15, -0.1) is 0 Å². The average molecular weight is 256 g/mol. The van der Waals surface area contributed by atoms with Gasteiger partial charge in [0.15, 0.2) is 0 Å². The summed E-state index contributed by atoms with van der Waals surface area (Å²) in [5, 5.41) is 10.2. The lowest BCUT2D eigenvalue weighted by Crippen LogP contribution is -2.32. The van der Waals surface area contributed by atoms with Gasteiger partial charge < -0.3 is 4.74 Å². The minimum atomic E-state index is -4.18. The van der Waals surface area contributed by atoms with Crippen LogP contribution >= 0.6 is 11.6 Å². The molecule has 0 radical (unpaired) electrons. The van der Waals surface area contributed by atoms with Crippen LogP contribution in [0, 0.1) is 10.1 Å². The Morgan fingerprint density at radius 3 is 2.25 bits per heavy atom. The number of halogens is 4. The number of nitro benzene ring substituents is 1. The van der Waals surface area contributed by atoms with E-state index in [1.54, 1.807) is 0 Å². The summed E-state index contributed by atoms with van der Waals surface area (Å²) in [5.41, 5.74) is -3.29. The molecule has 0 spiro atoms. The second-order valence-corrected chi connectivity index (χ2v) is 3.10. The van der Waals surface area contributed by atoms with Crippen LogP contribution in [0.4, 0.5) is 18.9 Å². The molecule has 1 rings (SSSR count). The fraction of sp³-hybridized carbons (Fsp3) is 0.250. The molecule has 0 saturated heterocycles. The Morgan fingerprint density at radius 2 is 1.88 bits per heavy atom. The van der Waals surface area contributed by atoms with Crippen LogP contribution in [0.25, 0.3) is 0 Å². The lowest BCUT2D eigenvalue weighted by molar-refractivity contribution is -0.384. The lowest BCUT2D eigenvalue weighted by atomic mass is 10.3. The van der Waals surface area contributed by atoms with Gasteiger partial charge >= 0.3 is 6.11 Å². The summed E-state index contributed by atoms with van der Waals surface area (Å²) in [5.74, 6) is -0.418. The summed E-state index contributed by atoms with van der Waals surface area (Å²) in [7, 11) is 0. The van der Waals surface area contributed by atoms with Crippen molar-refractivity contribution in [2.75, 3.05) is 0 Å². The third kappa shape index (κ3) is 2.99. The largest absolute Gasteiger partial charge is 0.444 e. The Hall–Kier alpha value is -1.50. The van der Waals surface area contributed by atoms with Gasteiger partial charge in [-0.25, -0.2) is 4.39 Å². The van der Waals surface area contributed by atoms with Gasteiger partial charge in [0.25, 0.3) is 11.3 Å². The first-order valence-electron chi connectivity index (χ1n) is 3.92. The van der Waals surface area contributed by atoms with Crippen molar-refractivity contribution in [3.05, 3.63) is 34.4 Å². The van der Waals surface area contributed by atoms with E-state index >= 15 is 0 Å². The van der Waals surface area contributed by atoms with E-state index < -0.39 is 22.4 Å². The zero-order chi connectivity index (χ0) is 12.3. The number of non-ortho nitro benzene ring substituents is 1. The number of nitro groups is 1. The molecule has 0 fully saturated rings. The van der Waals surface area contributed by atoms with Crippen LogP contribution in [0.3, 0.4) is 0 Å². The maximum Gasteiger partial charge on any atom is 0.444 e. The highest BCUT2D eigenvalue weighted by atomic mass is 35.5. The molecular formula is C8H5ClF3NO3.